The molecule has 4 nitrogen and oxygen atoms in total. The van der Waals surface area contributed by atoms with Crippen LogP contribution in [0.15, 0.2) is 24.3 Å². The summed E-state index contributed by atoms with van der Waals surface area (Å²) >= 11 is 0. The zero-order valence-electron chi connectivity index (χ0n) is 11.6. The summed E-state index contributed by atoms with van der Waals surface area (Å²) in [7, 11) is 0. The molecular formula is C15H20O4. The summed E-state index contributed by atoms with van der Waals surface area (Å²) in [4.78, 5) is 23.6. The van der Waals surface area contributed by atoms with Gasteiger partial charge in [0.2, 0.25) is 0 Å². The van der Waals surface area contributed by atoms with E-state index in [1.807, 2.05) is 31.2 Å². The highest BCUT2D eigenvalue weighted by Gasteiger charge is 2.46. The van der Waals surface area contributed by atoms with Gasteiger partial charge in [-0.1, -0.05) is 36.8 Å². The van der Waals surface area contributed by atoms with Gasteiger partial charge in [0.1, 0.15) is 0 Å². The third-order valence-corrected chi connectivity index (χ3v) is 3.27. The molecule has 1 atom stereocenters. The number of aliphatic carboxylic acids is 1. The van der Waals surface area contributed by atoms with Gasteiger partial charge in [-0.2, -0.15) is 0 Å². The lowest BCUT2D eigenvalue weighted by Gasteiger charge is -2.25. The van der Waals surface area contributed by atoms with Gasteiger partial charge in [-0.3, -0.25) is 9.59 Å². The van der Waals surface area contributed by atoms with Crippen LogP contribution < -0.4 is 0 Å². The van der Waals surface area contributed by atoms with Gasteiger partial charge in [0.15, 0.2) is 5.41 Å². The zero-order valence-corrected chi connectivity index (χ0v) is 11.6. The molecule has 0 aliphatic heterocycles. The van der Waals surface area contributed by atoms with Crippen molar-refractivity contribution in [3.63, 3.8) is 0 Å². The highest BCUT2D eigenvalue weighted by atomic mass is 16.5. The molecule has 0 aromatic heterocycles. The molecule has 104 valence electrons. The summed E-state index contributed by atoms with van der Waals surface area (Å²) in [5.41, 5.74) is 0.373. The number of carbonyl (C=O) groups is 2. The van der Waals surface area contributed by atoms with Gasteiger partial charge in [0.05, 0.1) is 6.61 Å². The Morgan fingerprint density at radius 3 is 2.47 bits per heavy atom. The SMILES string of the molecule is CCOC(=O)C(CC)(Cc1cccc(C)c1)C(=O)O. The van der Waals surface area contributed by atoms with Crippen molar-refractivity contribution in [2.24, 2.45) is 5.41 Å². The Bertz CT molecular complexity index is 467. The second-order valence-electron chi connectivity index (χ2n) is 4.63. The number of esters is 1. The number of rotatable bonds is 6. The van der Waals surface area contributed by atoms with Crippen LogP contribution in [0.4, 0.5) is 0 Å². The van der Waals surface area contributed by atoms with Crippen molar-refractivity contribution >= 4 is 11.9 Å². The van der Waals surface area contributed by atoms with Crippen molar-refractivity contribution in [3.05, 3.63) is 35.4 Å². The summed E-state index contributed by atoms with van der Waals surface area (Å²) in [5, 5.41) is 9.45. The molecule has 0 radical (unpaired) electrons. The van der Waals surface area contributed by atoms with Crippen molar-refractivity contribution in [1.29, 1.82) is 0 Å². The maximum absolute atomic E-state index is 12.0. The Labute approximate surface area is 113 Å². The molecule has 0 aliphatic carbocycles. The quantitative estimate of drug-likeness (QED) is 0.633. The molecule has 0 heterocycles. The molecule has 0 amide bonds. The zero-order chi connectivity index (χ0) is 14.5. The first-order chi connectivity index (χ1) is 8.96. The molecule has 0 saturated heterocycles. The van der Waals surface area contributed by atoms with Crippen LogP contribution in [0, 0.1) is 12.3 Å². The van der Waals surface area contributed by atoms with E-state index in [0.717, 1.165) is 11.1 Å². The average molecular weight is 264 g/mol. The minimum Gasteiger partial charge on any atom is -0.480 e. The maximum atomic E-state index is 12.0. The molecule has 0 spiro atoms. The van der Waals surface area contributed by atoms with Crippen LogP contribution in [0.25, 0.3) is 0 Å². The fraction of sp³-hybridized carbons (Fsp3) is 0.467. The minimum atomic E-state index is -1.50. The van der Waals surface area contributed by atoms with Crippen molar-refractivity contribution in [1.82, 2.24) is 0 Å². The van der Waals surface area contributed by atoms with Gasteiger partial charge < -0.3 is 9.84 Å². The number of benzene rings is 1. The van der Waals surface area contributed by atoms with E-state index in [9.17, 15) is 14.7 Å². The van der Waals surface area contributed by atoms with Crippen LogP contribution in [0.5, 0.6) is 0 Å². The Kier molecular flexibility index (Phi) is 5.10. The van der Waals surface area contributed by atoms with E-state index in [1.54, 1.807) is 13.8 Å². The van der Waals surface area contributed by atoms with Crippen molar-refractivity contribution < 1.29 is 19.4 Å². The number of carboxylic acids is 1. The van der Waals surface area contributed by atoms with E-state index in [-0.39, 0.29) is 19.4 Å². The Morgan fingerprint density at radius 1 is 1.32 bits per heavy atom. The standard InChI is InChI=1S/C15H20O4/c1-4-15(13(16)17,14(18)19-5-2)10-12-8-6-7-11(3)9-12/h6-9H,4-5,10H2,1-3H3,(H,16,17). The van der Waals surface area contributed by atoms with Gasteiger partial charge >= 0.3 is 11.9 Å². The maximum Gasteiger partial charge on any atom is 0.323 e. The van der Waals surface area contributed by atoms with E-state index in [4.69, 9.17) is 4.74 Å². The summed E-state index contributed by atoms with van der Waals surface area (Å²) in [5.74, 6) is -1.79. The van der Waals surface area contributed by atoms with Crippen LogP contribution in [-0.4, -0.2) is 23.7 Å². The largest absolute Gasteiger partial charge is 0.480 e. The molecular weight excluding hydrogens is 244 g/mol. The van der Waals surface area contributed by atoms with Crippen molar-refractivity contribution in [2.45, 2.75) is 33.6 Å². The summed E-state index contributed by atoms with van der Waals surface area (Å²) in [6.45, 7) is 5.48. The molecule has 1 N–H and O–H groups in total. The lowest BCUT2D eigenvalue weighted by Crippen LogP contribution is -2.42. The van der Waals surface area contributed by atoms with Gasteiger partial charge in [-0.15, -0.1) is 0 Å². The van der Waals surface area contributed by atoms with Crippen LogP contribution in [0.1, 0.15) is 31.4 Å². The first kappa shape index (κ1) is 15.2. The number of aryl methyl sites for hydroxylation is 1. The molecule has 0 bridgehead atoms. The van der Waals surface area contributed by atoms with Crippen molar-refractivity contribution in [3.8, 4) is 0 Å². The molecule has 1 unspecified atom stereocenters. The normalized spacial score (nSPS) is 13.6. The summed E-state index contributed by atoms with van der Waals surface area (Å²) < 4.78 is 4.94. The number of carbonyl (C=O) groups excluding carboxylic acids is 1. The first-order valence-electron chi connectivity index (χ1n) is 6.42. The van der Waals surface area contributed by atoms with Crippen LogP contribution in [-0.2, 0) is 20.7 Å². The molecule has 4 heteroatoms. The van der Waals surface area contributed by atoms with Crippen LogP contribution in [0.2, 0.25) is 0 Å². The van der Waals surface area contributed by atoms with Gasteiger partial charge in [-0.05, 0) is 32.3 Å². The van der Waals surface area contributed by atoms with Crippen molar-refractivity contribution in [2.75, 3.05) is 6.61 Å². The molecule has 19 heavy (non-hydrogen) atoms. The Hall–Kier alpha value is -1.84. The van der Waals surface area contributed by atoms with Gasteiger partial charge in [-0.25, -0.2) is 0 Å². The van der Waals surface area contributed by atoms with E-state index in [2.05, 4.69) is 0 Å². The molecule has 0 fully saturated rings. The third kappa shape index (κ3) is 3.34. The molecule has 0 aliphatic rings. The van der Waals surface area contributed by atoms with Gasteiger partial charge in [0.25, 0.3) is 0 Å². The van der Waals surface area contributed by atoms with Gasteiger partial charge in [0, 0.05) is 0 Å². The fourth-order valence-corrected chi connectivity index (χ4v) is 2.10. The Balaban J connectivity index is 3.10. The average Bonchev–Trinajstić information content (AvgIpc) is 2.36. The lowest BCUT2D eigenvalue weighted by atomic mass is 9.79. The summed E-state index contributed by atoms with van der Waals surface area (Å²) in [6.07, 6.45) is 0.356. The highest BCUT2D eigenvalue weighted by Crippen LogP contribution is 2.30. The third-order valence-electron chi connectivity index (χ3n) is 3.27. The van der Waals surface area contributed by atoms with Crippen LogP contribution >= 0.6 is 0 Å². The number of carboxylic acid groups (broad SMARTS) is 1. The molecule has 1 aromatic rings. The van der Waals surface area contributed by atoms with E-state index in [0.29, 0.717) is 0 Å². The lowest BCUT2D eigenvalue weighted by molar-refractivity contribution is -0.168. The highest BCUT2D eigenvalue weighted by molar-refractivity contribution is 5.99. The van der Waals surface area contributed by atoms with E-state index < -0.39 is 17.4 Å². The molecule has 1 aromatic carbocycles. The second-order valence-corrected chi connectivity index (χ2v) is 4.63. The fourth-order valence-electron chi connectivity index (χ4n) is 2.10. The summed E-state index contributed by atoms with van der Waals surface area (Å²) in [6, 6.07) is 7.52. The molecule has 0 saturated carbocycles. The monoisotopic (exact) mass is 264 g/mol. The first-order valence-corrected chi connectivity index (χ1v) is 6.42. The van der Waals surface area contributed by atoms with E-state index in [1.165, 1.54) is 0 Å². The number of hydrogen-bond acceptors (Lipinski definition) is 3. The topological polar surface area (TPSA) is 63.6 Å². The number of hydrogen-bond donors (Lipinski definition) is 1. The smallest absolute Gasteiger partial charge is 0.323 e. The predicted octanol–water partition coefficient (Wildman–Crippen LogP) is 2.58. The minimum absolute atomic E-state index is 0.152. The van der Waals surface area contributed by atoms with Crippen LogP contribution in [0.3, 0.4) is 0 Å². The second kappa shape index (κ2) is 6.36. The Morgan fingerprint density at radius 2 is 2.00 bits per heavy atom. The molecule has 1 rings (SSSR count). The number of ether oxygens (including phenoxy) is 1. The van der Waals surface area contributed by atoms with E-state index >= 15 is 0 Å². The predicted molar refractivity (Wildman–Crippen MR) is 71.9 cm³/mol.